The number of methoxy groups -OCH3 is 1. The Morgan fingerprint density at radius 1 is 1.26 bits per heavy atom. The van der Waals surface area contributed by atoms with E-state index in [1.54, 1.807) is 19.4 Å². The van der Waals surface area contributed by atoms with Crippen LogP contribution in [0.4, 0.5) is 0 Å². The molecule has 0 saturated carbocycles. The van der Waals surface area contributed by atoms with Gasteiger partial charge in [-0.1, -0.05) is 17.7 Å². The number of nitrogens with zero attached hydrogens (tertiary/aromatic N) is 1. The number of rotatable bonds is 5. The minimum absolute atomic E-state index is 0.486. The Labute approximate surface area is 117 Å². The van der Waals surface area contributed by atoms with E-state index in [2.05, 4.69) is 4.98 Å². The molecule has 1 unspecified atom stereocenters. The zero-order valence-corrected chi connectivity index (χ0v) is 11.5. The van der Waals surface area contributed by atoms with Crippen LogP contribution in [0.2, 0.25) is 5.02 Å². The number of aliphatic hydroxyl groups is 1. The van der Waals surface area contributed by atoms with E-state index in [1.165, 1.54) is 0 Å². The molecule has 1 aromatic carbocycles. The Morgan fingerprint density at radius 2 is 2.11 bits per heavy atom. The van der Waals surface area contributed by atoms with Crippen molar-refractivity contribution in [1.29, 1.82) is 0 Å². The highest BCUT2D eigenvalue weighted by Gasteiger charge is 2.11. The first-order valence-electron chi connectivity index (χ1n) is 6.09. The molecular weight excluding hydrogens is 262 g/mol. The second-order valence-electron chi connectivity index (χ2n) is 4.34. The third-order valence-electron chi connectivity index (χ3n) is 2.87. The molecule has 3 nitrogen and oxygen atoms in total. The van der Waals surface area contributed by atoms with E-state index in [9.17, 15) is 5.11 Å². The predicted octanol–water partition coefficient (Wildman–Crippen LogP) is 2.89. The maximum atomic E-state index is 10.1. The third-order valence-corrected chi connectivity index (χ3v) is 3.10. The van der Waals surface area contributed by atoms with Gasteiger partial charge in [0.05, 0.1) is 13.2 Å². The first kappa shape index (κ1) is 13.8. The van der Waals surface area contributed by atoms with Crippen LogP contribution in [0, 0.1) is 0 Å². The fraction of sp³-hybridized carbons (Fsp3) is 0.267. The number of pyridine rings is 1. The smallest absolute Gasteiger partial charge is 0.122 e. The Morgan fingerprint density at radius 3 is 2.79 bits per heavy atom. The summed E-state index contributed by atoms with van der Waals surface area (Å²) in [6.45, 7) is 0. The van der Waals surface area contributed by atoms with Gasteiger partial charge in [0, 0.05) is 29.8 Å². The van der Waals surface area contributed by atoms with Gasteiger partial charge in [-0.25, -0.2) is 0 Å². The molecule has 0 aliphatic carbocycles. The van der Waals surface area contributed by atoms with Gasteiger partial charge in [0.1, 0.15) is 5.75 Å². The summed E-state index contributed by atoms with van der Waals surface area (Å²) in [5.74, 6) is 0.740. The van der Waals surface area contributed by atoms with Crippen LogP contribution in [0.25, 0.3) is 0 Å². The molecule has 1 atom stereocenters. The molecule has 0 aliphatic rings. The molecule has 2 rings (SSSR count). The van der Waals surface area contributed by atoms with Crippen LogP contribution in [0.5, 0.6) is 5.75 Å². The van der Waals surface area contributed by atoms with Gasteiger partial charge in [0.25, 0.3) is 0 Å². The summed E-state index contributed by atoms with van der Waals surface area (Å²) in [4.78, 5) is 4.20. The second-order valence-corrected chi connectivity index (χ2v) is 4.78. The fourth-order valence-corrected chi connectivity index (χ4v) is 2.19. The summed E-state index contributed by atoms with van der Waals surface area (Å²) in [7, 11) is 1.61. The van der Waals surface area contributed by atoms with E-state index >= 15 is 0 Å². The Hall–Kier alpha value is -1.58. The molecule has 0 bridgehead atoms. The number of benzene rings is 1. The van der Waals surface area contributed by atoms with Crippen LogP contribution in [-0.2, 0) is 12.8 Å². The predicted molar refractivity (Wildman–Crippen MR) is 75.7 cm³/mol. The maximum absolute atomic E-state index is 10.1. The average molecular weight is 278 g/mol. The summed E-state index contributed by atoms with van der Waals surface area (Å²) in [6, 6.07) is 11.1. The topological polar surface area (TPSA) is 42.4 Å². The van der Waals surface area contributed by atoms with Crippen LogP contribution >= 0.6 is 11.6 Å². The van der Waals surface area contributed by atoms with E-state index in [-0.39, 0.29) is 0 Å². The normalized spacial score (nSPS) is 12.2. The maximum Gasteiger partial charge on any atom is 0.122 e. The van der Waals surface area contributed by atoms with Crippen molar-refractivity contribution in [2.45, 2.75) is 18.9 Å². The summed E-state index contributed by atoms with van der Waals surface area (Å²) in [5.41, 5.74) is 1.77. The quantitative estimate of drug-likeness (QED) is 0.914. The number of aliphatic hydroxyl groups excluding tert-OH is 1. The van der Waals surface area contributed by atoms with Gasteiger partial charge >= 0.3 is 0 Å². The van der Waals surface area contributed by atoms with Crippen molar-refractivity contribution < 1.29 is 9.84 Å². The highest BCUT2D eigenvalue weighted by molar-refractivity contribution is 6.30. The number of ether oxygens (including phenoxy) is 1. The Kier molecular flexibility index (Phi) is 4.77. The van der Waals surface area contributed by atoms with Crippen LogP contribution < -0.4 is 4.74 Å². The van der Waals surface area contributed by atoms with Gasteiger partial charge in [-0.3, -0.25) is 4.98 Å². The lowest BCUT2D eigenvalue weighted by atomic mass is 10.0. The fourth-order valence-electron chi connectivity index (χ4n) is 1.99. The SMILES string of the molecule is COc1ccc(Cl)cc1CC(O)Cc1ccccn1. The molecule has 0 saturated heterocycles. The van der Waals surface area contributed by atoms with Crippen molar-refractivity contribution in [2.75, 3.05) is 7.11 Å². The largest absolute Gasteiger partial charge is 0.496 e. The number of hydrogen-bond donors (Lipinski definition) is 1. The summed E-state index contributed by atoms with van der Waals surface area (Å²) >= 11 is 5.97. The van der Waals surface area contributed by atoms with Crippen molar-refractivity contribution in [2.24, 2.45) is 0 Å². The van der Waals surface area contributed by atoms with Crippen LogP contribution in [-0.4, -0.2) is 23.3 Å². The minimum Gasteiger partial charge on any atom is -0.496 e. The van der Waals surface area contributed by atoms with Crippen LogP contribution in [0.3, 0.4) is 0 Å². The monoisotopic (exact) mass is 277 g/mol. The lowest BCUT2D eigenvalue weighted by Crippen LogP contribution is -2.15. The zero-order valence-electron chi connectivity index (χ0n) is 10.7. The molecule has 2 aromatic rings. The number of hydrogen-bond acceptors (Lipinski definition) is 3. The molecule has 1 aromatic heterocycles. The Balaban J connectivity index is 2.06. The van der Waals surface area contributed by atoms with Crippen molar-refractivity contribution >= 4 is 11.6 Å². The van der Waals surface area contributed by atoms with Crippen molar-refractivity contribution in [3.8, 4) is 5.75 Å². The highest BCUT2D eigenvalue weighted by atomic mass is 35.5. The van der Waals surface area contributed by atoms with E-state index in [4.69, 9.17) is 16.3 Å². The molecule has 0 amide bonds. The lowest BCUT2D eigenvalue weighted by Gasteiger charge is -2.13. The standard InChI is InChI=1S/C15H16ClNO2/c1-19-15-6-5-12(16)8-11(15)9-14(18)10-13-4-2-3-7-17-13/h2-8,14,18H,9-10H2,1H3. The molecular formula is C15H16ClNO2. The molecule has 0 spiro atoms. The first-order chi connectivity index (χ1) is 9.19. The van der Waals surface area contributed by atoms with E-state index in [0.29, 0.717) is 17.9 Å². The number of halogens is 1. The number of aromatic nitrogens is 1. The van der Waals surface area contributed by atoms with E-state index in [0.717, 1.165) is 17.0 Å². The molecule has 0 aliphatic heterocycles. The first-order valence-corrected chi connectivity index (χ1v) is 6.47. The van der Waals surface area contributed by atoms with Gasteiger partial charge in [0.15, 0.2) is 0 Å². The van der Waals surface area contributed by atoms with Gasteiger partial charge in [0.2, 0.25) is 0 Å². The van der Waals surface area contributed by atoms with Gasteiger partial charge in [-0.15, -0.1) is 0 Å². The van der Waals surface area contributed by atoms with Crippen molar-refractivity contribution in [1.82, 2.24) is 4.98 Å². The third kappa shape index (κ3) is 3.94. The van der Waals surface area contributed by atoms with Gasteiger partial charge in [-0.2, -0.15) is 0 Å². The molecule has 0 radical (unpaired) electrons. The summed E-state index contributed by atoms with van der Waals surface area (Å²) in [5, 5.41) is 10.8. The van der Waals surface area contributed by atoms with Gasteiger partial charge in [-0.05, 0) is 35.9 Å². The Bertz CT molecular complexity index is 531. The summed E-state index contributed by atoms with van der Waals surface area (Å²) in [6.07, 6.45) is 2.21. The van der Waals surface area contributed by atoms with Crippen molar-refractivity contribution in [3.05, 3.63) is 58.9 Å². The van der Waals surface area contributed by atoms with Crippen LogP contribution in [0.1, 0.15) is 11.3 Å². The zero-order chi connectivity index (χ0) is 13.7. The highest BCUT2D eigenvalue weighted by Crippen LogP contribution is 2.24. The second kappa shape index (κ2) is 6.55. The molecule has 19 heavy (non-hydrogen) atoms. The van der Waals surface area contributed by atoms with E-state index in [1.807, 2.05) is 30.3 Å². The molecule has 1 heterocycles. The average Bonchev–Trinajstić information content (AvgIpc) is 2.40. The minimum atomic E-state index is -0.512. The molecule has 4 heteroatoms. The molecule has 0 fully saturated rings. The molecule has 1 N–H and O–H groups in total. The van der Waals surface area contributed by atoms with Crippen molar-refractivity contribution in [3.63, 3.8) is 0 Å². The van der Waals surface area contributed by atoms with Gasteiger partial charge < -0.3 is 9.84 Å². The molecule has 100 valence electrons. The van der Waals surface area contributed by atoms with E-state index < -0.39 is 6.10 Å². The van der Waals surface area contributed by atoms with Crippen LogP contribution in [0.15, 0.2) is 42.6 Å². The lowest BCUT2D eigenvalue weighted by molar-refractivity contribution is 0.173. The summed E-state index contributed by atoms with van der Waals surface area (Å²) < 4.78 is 5.27.